The fourth-order valence-electron chi connectivity index (χ4n) is 3.17. The highest BCUT2D eigenvalue weighted by molar-refractivity contribution is 5.79. The molecule has 0 bridgehead atoms. The second kappa shape index (κ2) is 10.0. The molecule has 0 fully saturated rings. The van der Waals surface area contributed by atoms with Crippen LogP contribution >= 0.6 is 0 Å². The highest BCUT2D eigenvalue weighted by Crippen LogP contribution is 2.37. The number of aromatic nitrogens is 2. The number of aliphatic imine (C=N–C) groups is 1. The van der Waals surface area contributed by atoms with E-state index in [1.54, 1.807) is 12.1 Å². The van der Waals surface area contributed by atoms with Crippen LogP contribution < -0.4 is 14.8 Å². The maximum Gasteiger partial charge on any atom is 0.200 e. The van der Waals surface area contributed by atoms with Gasteiger partial charge >= 0.3 is 0 Å². The molecule has 8 nitrogen and oxygen atoms in total. The normalized spacial score (nSPS) is 11.7. The van der Waals surface area contributed by atoms with Crippen molar-refractivity contribution < 1.29 is 14.6 Å². The molecule has 29 heavy (non-hydrogen) atoms. The molecule has 0 spiro atoms. The molecule has 1 aromatic heterocycles. The molecular weight excluding hydrogens is 370 g/mol. The van der Waals surface area contributed by atoms with Crippen molar-refractivity contribution in [2.45, 2.75) is 39.8 Å². The Bertz CT molecular complexity index is 820. The summed E-state index contributed by atoms with van der Waals surface area (Å²) in [6.07, 6.45) is 2.06. The van der Waals surface area contributed by atoms with Crippen molar-refractivity contribution in [1.82, 2.24) is 20.0 Å². The largest absolute Gasteiger partial charge is 0.502 e. The number of benzene rings is 1. The molecule has 2 N–H and O–H groups in total. The fraction of sp³-hybridized carbons (Fsp3) is 0.524. The Morgan fingerprint density at radius 1 is 1.28 bits per heavy atom. The number of ether oxygens (including phenoxy) is 2. The van der Waals surface area contributed by atoms with Gasteiger partial charge in [0.15, 0.2) is 17.5 Å². The summed E-state index contributed by atoms with van der Waals surface area (Å²) in [6.45, 7) is 8.22. The third-order valence-electron chi connectivity index (χ3n) is 4.54. The average Bonchev–Trinajstić information content (AvgIpc) is 3.06. The number of aryl methyl sites for hydroxylation is 1. The molecule has 0 aliphatic carbocycles. The smallest absolute Gasteiger partial charge is 0.200 e. The predicted molar refractivity (Wildman–Crippen MR) is 115 cm³/mol. The summed E-state index contributed by atoms with van der Waals surface area (Å²) in [7, 11) is 6.98. The Morgan fingerprint density at radius 2 is 1.90 bits per heavy atom. The molecule has 2 rings (SSSR count). The number of rotatable bonds is 8. The maximum absolute atomic E-state index is 10.1. The maximum atomic E-state index is 10.1. The highest BCUT2D eigenvalue weighted by Gasteiger charge is 2.16. The van der Waals surface area contributed by atoms with Crippen LogP contribution in [0.5, 0.6) is 17.2 Å². The van der Waals surface area contributed by atoms with Gasteiger partial charge in [-0.2, -0.15) is 5.10 Å². The predicted octanol–water partition coefficient (Wildman–Crippen LogP) is 2.86. The minimum atomic E-state index is -0.00968. The third kappa shape index (κ3) is 5.56. The van der Waals surface area contributed by atoms with Gasteiger partial charge in [0.2, 0.25) is 5.75 Å². The van der Waals surface area contributed by atoms with Gasteiger partial charge in [0.25, 0.3) is 0 Å². The molecule has 0 atom stereocenters. The van der Waals surface area contributed by atoms with Gasteiger partial charge in [0.05, 0.1) is 26.5 Å². The number of guanidine groups is 1. The minimum absolute atomic E-state index is 0.00968. The lowest BCUT2D eigenvalue weighted by Crippen LogP contribution is -2.38. The lowest BCUT2D eigenvalue weighted by Gasteiger charge is -2.22. The Labute approximate surface area is 173 Å². The topological polar surface area (TPSA) is 84.1 Å². The SMILES string of the molecule is CCNC(=NCc1cc(OC)c(O)c(OC)c1)N(C)Cc1cn(C)nc1C(C)C. The first-order valence-corrected chi connectivity index (χ1v) is 9.76. The molecule has 2 aromatic rings. The van der Waals surface area contributed by atoms with E-state index in [2.05, 4.69) is 35.4 Å². The van der Waals surface area contributed by atoms with E-state index in [1.807, 2.05) is 25.7 Å². The zero-order valence-electron chi connectivity index (χ0n) is 18.5. The number of nitrogens with one attached hydrogen (secondary N) is 1. The van der Waals surface area contributed by atoms with E-state index in [9.17, 15) is 5.11 Å². The molecule has 1 heterocycles. The zero-order chi connectivity index (χ0) is 21.6. The quantitative estimate of drug-likeness (QED) is 0.521. The molecular formula is C21H33N5O3. The molecule has 0 amide bonds. The number of hydrogen-bond acceptors (Lipinski definition) is 5. The van der Waals surface area contributed by atoms with Crippen LogP contribution in [0.1, 0.15) is 43.5 Å². The van der Waals surface area contributed by atoms with Gasteiger partial charge in [-0.25, -0.2) is 4.99 Å². The number of aromatic hydroxyl groups is 1. The summed E-state index contributed by atoms with van der Waals surface area (Å²) < 4.78 is 12.3. The van der Waals surface area contributed by atoms with E-state index in [1.165, 1.54) is 19.8 Å². The summed E-state index contributed by atoms with van der Waals surface area (Å²) in [4.78, 5) is 6.84. The Hall–Kier alpha value is -2.90. The van der Waals surface area contributed by atoms with Gasteiger partial charge in [-0.3, -0.25) is 4.68 Å². The summed E-state index contributed by atoms with van der Waals surface area (Å²) in [5.74, 6) is 1.87. The van der Waals surface area contributed by atoms with Crippen molar-refractivity contribution in [3.63, 3.8) is 0 Å². The lowest BCUT2D eigenvalue weighted by molar-refractivity contribution is 0.339. The van der Waals surface area contributed by atoms with Gasteiger partial charge in [-0.05, 0) is 30.5 Å². The molecule has 0 aliphatic rings. The van der Waals surface area contributed by atoms with Gasteiger partial charge < -0.3 is 24.8 Å². The van der Waals surface area contributed by atoms with Crippen LogP contribution in [-0.2, 0) is 20.1 Å². The van der Waals surface area contributed by atoms with Gasteiger partial charge in [-0.1, -0.05) is 13.8 Å². The van der Waals surface area contributed by atoms with Crippen molar-refractivity contribution in [2.24, 2.45) is 12.0 Å². The first-order chi connectivity index (χ1) is 13.8. The molecule has 0 aliphatic heterocycles. The summed E-state index contributed by atoms with van der Waals surface area (Å²) >= 11 is 0. The number of phenolic OH excluding ortho intramolecular Hbond substituents is 1. The highest BCUT2D eigenvalue weighted by atomic mass is 16.5. The first-order valence-electron chi connectivity index (χ1n) is 9.76. The van der Waals surface area contributed by atoms with E-state index in [0.717, 1.165) is 23.8 Å². The van der Waals surface area contributed by atoms with E-state index < -0.39 is 0 Å². The lowest BCUT2D eigenvalue weighted by atomic mass is 10.1. The fourth-order valence-corrected chi connectivity index (χ4v) is 3.17. The minimum Gasteiger partial charge on any atom is -0.502 e. The van der Waals surface area contributed by atoms with Gasteiger partial charge in [0, 0.05) is 38.9 Å². The van der Waals surface area contributed by atoms with Crippen molar-refractivity contribution in [3.8, 4) is 17.2 Å². The van der Waals surface area contributed by atoms with E-state index in [4.69, 9.17) is 14.5 Å². The zero-order valence-corrected chi connectivity index (χ0v) is 18.5. The number of phenols is 1. The first kappa shape index (κ1) is 22.4. The average molecular weight is 404 g/mol. The molecule has 0 radical (unpaired) electrons. The van der Waals surface area contributed by atoms with Crippen molar-refractivity contribution in [3.05, 3.63) is 35.2 Å². The van der Waals surface area contributed by atoms with E-state index >= 15 is 0 Å². The van der Waals surface area contributed by atoms with Crippen LogP contribution in [0.15, 0.2) is 23.3 Å². The van der Waals surface area contributed by atoms with Crippen molar-refractivity contribution in [1.29, 1.82) is 0 Å². The standard InChI is InChI=1S/C21H33N5O3/c1-8-22-21(25(4)12-16-13-26(5)24-19(16)14(2)3)23-11-15-9-17(28-6)20(27)18(10-15)29-7/h9-10,13-14,27H,8,11-12H2,1-7H3,(H,22,23). The molecule has 1 aromatic carbocycles. The summed E-state index contributed by atoms with van der Waals surface area (Å²) in [5.41, 5.74) is 3.16. The van der Waals surface area contributed by atoms with Crippen LogP contribution in [-0.4, -0.2) is 53.6 Å². The van der Waals surface area contributed by atoms with E-state index in [0.29, 0.717) is 30.5 Å². The van der Waals surface area contributed by atoms with Crippen LogP contribution in [0, 0.1) is 0 Å². The summed E-state index contributed by atoms with van der Waals surface area (Å²) in [6, 6.07) is 3.53. The van der Waals surface area contributed by atoms with E-state index in [-0.39, 0.29) is 5.75 Å². The van der Waals surface area contributed by atoms with Crippen LogP contribution in [0.3, 0.4) is 0 Å². The number of hydrogen-bond donors (Lipinski definition) is 2. The van der Waals surface area contributed by atoms with Crippen LogP contribution in [0.25, 0.3) is 0 Å². The van der Waals surface area contributed by atoms with Crippen LogP contribution in [0.4, 0.5) is 0 Å². The van der Waals surface area contributed by atoms with Gasteiger partial charge in [-0.15, -0.1) is 0 Å². The van der Waals surface area contributed by atoms with Gasteiger partial charge in [0.1, 0.15) is 0 Å². The second-order valence-electron chi connectivity index (χ2n) is 7.24. The van der Waals surface area contributed by atoms with Crippen molar-refractivity contribution >= 4 is 5.96 Å². The Balaban J connectivity index is 2.24. The molecule has 0 saturated heterocycles. The molecule has 8 heteroatoms. The molecule has 160 valence electrons. The summed E-state index contributed by atoms with van der Waals surface area (Å²) in [5, 5.41) is 18.0. The number of methoxy groups -OCH3 is 2. The van der Waals surface area contributed by atoms with Crippen LogP contribution in [0.2, 0.25) is 0 Å². The molecule has 0 saturated carbocycles. The molecule has 0 unspecified atom stereocenters. The number of nitrogens with zero attached hydrogens (tertiary/aromatic N) is 4. The third-order valence-corrected chi connectivity index (χ3v) is 4.54. The Morgan fingerprint density at radius 3 is 2.41 bits per heavy atom. The van der Waals surface area contributed by atoms with Crippen molar-refractivity contribution in [2.75, 3.05) is 27.8 Å². The second-order valence-corrected chi connectivity index (χ2v) is 7.24. The Kier molecular flexibility index (Phi) is 7.75. The monoisotopic (exact) mass is 403 g/mol.